The Hall–Kier alpha value is -1.84. The summed E-state index contributed by atoms with van der Waals surface area (Å²) in [6.45, 7) is 3.53. The molecule has 0 spiro atoms. The molecule has 2 aromatic carbocycles. The zero-order valence-corrected chi connectivity index (χ0v) is 11.9. The van der Waals surface area contributed by atoms with E-state index in [0.717, 1.165) is 17.8 Å². The molecule has 3 heteroatoms. The van der Waals surface area contributed by atoms with Crippen LogP contribution in [-0.4, -0.2) is 18.3 Å². The molecule has 0 aromatic heterocycles. The number of nitrogens with zero attached hydrogens (tertiary/aromatic N) is 1. The van der Waals surface area contributed by atoms with Crippen molar-refractivity contribution < 1.29 is 5.11 Å². The lowest BCUT2D eigenvalue weighted by Crippen LogP contribution is -2.26. The molecule has 1 atom stereocenters. The van der Waals surface area contributed by atoms with Crippen LogP contribution in [0.15, 0.2) is 54.6 Å². The molecule has 3 N–H and O–H groups in total. The lowest BCUT2D eigenvalue weighted by molar-refractivity contribution is 0.301. The highest BCUT2D eigenvalue weighted by Gasteiger charge is 2.07. The van der Waals surface area contributed by atoms with Crippen LogP contribution in [0.3, 0.4) is 0 Å². The van der Waals surface area contributed by atoms with Crippen molar-refractivity contribution in [2.45, 2.75) is 19.5 Å². The fourth-order valence-corrected chi connectivity index (χ4v) is 2.21. The minimum absolute atomic E-state index is 0.0458. The number of rotatable bonds is 6. The predicted molar refractivity (Wildman–Crippen MR) is 83.6 cm³/mol. The van der Waals surface area contributed by atoms with Crippen LogP contribution >= 0.6 is 0 Å². The Kier molecular flexibility index (Phi) is 5.16. The Labute approximate surface area is 120 Å². The van der Waals surface area contributed by atoms with E-state index in [1.54, 1.807) is 0 Å². The van der Waals surface area contributed by atoms with Gasteiger partial charge in [0, 0.05) is 24.8 Å². The second kappa shape index (κ2) is 7.08. The zero-order chi connectivity index (χ0) is 14.4. The van der Waals surface area contributed by atoms with Gasteiger partial charge >= 0.3 is 0 Å². The van der Waals surface area contributed by atoms with Crippen molar-refractivity contribution in [3.05, 3.63) is 65.7 Å². The van der Waals surface area contributed by atoms with Crippen molar-refractivity contribution in [3.63, 3.8) is 0 Å². The van der Waals surface area contributed by atoms with Gasteiger partial charge in [-0.3, -0.25) is 0 Å². The Balaban J connectivity index is 2.15. The molecule has 0 fully saturated rings. The number of aliphatic hydroxyl groups is 1. The quantitative estimate of drug-likeness (QED) is 0.848. The normalized spacial score (nSPS) is 12.2. The molecule has 2 aromatic rings. The molecule has 0 heterocycles. The molecule has 0 radical (unpaired) electrons. The highest BCUT2D eigenvalue weighted by atomic mass is 16.3. The molecule has 106 valence electrons. The first kappa shape index (κ1) is 14.6. The van der Waals surface area contributed by atoms with E-state index in [1.807, 2.05) is 25.1 Å². The summed E-state index contributed by atoms with van der Waals surface area (Å²) in [6.07, 6.45) is 0. The number of hydrogen-bond acceptors (Lipinski definition) is 3. The number of hydrogen-bond donors (Lipinski definition) is 2. The van der Waals surface area contributed by atoms with Crippen molar-refractivity contribution in [1.82, 2.24) is 0 Å². The third kappa shape index (κ3) is 3.83. The summed E-state index contributed by atoms with van der Waals surface area (Å²) in [6, 6.07) is 18.6. The fraction of sp³-hybridized carbons (Fsp3) is 0.294. The van der Waals surface area contributed by atoms with Crippen molar-refractivity contribution in [3.8, 4) is 0 Å². The first-order valence-corrected chi connectivity index (χ1v) is 6.96. The van der Waals surface area contributed by atoms with E-state index in [1.165, 1.54) is 5.56 Å². The summed E-state index contributed by atoms with van der Waals surface area (Å²) >= 11 is 0. The number of anilines is 1. The van der Waals surface area contributed by atoms with Gasteiger partial charge in [0.05, 0.1) is 6.61 Å². The second-order valence-electron chi connectivity index (χ2n) is 5.01. The Morgan fingerprint density at radius 2 is 1.70 bits per heavy atom. The largest absolute Gasteiger partial charge is 0.395 e. The van der Waals surface area contributed by atoms with E-state index in [4.69, 9.17) is 5.73 Å². The maximum Gasteiger partial charge on any atom is 0.0606 e. The van der Waals surface area contributed by atoms with Gasteiger partial charge < -0.3 is 15.7 Å². The van der Waals surface area contributed by atoms with Crippen LogP contribution in [0.5, 0.6) is 0 Å². The summed E-state index contributed by atoms with van der Waals surface area (Å²) in [5, 5.41) is 9.26. The van der Waals surface area contributed by atoms with Crippen LogP contribution in [0.25, 0.3) is 0 Å². The molecule has 0 saturated carbocycles. The summed E-state index contributed by atoms with van der Waals surface area (Å²) < 4.78 is 0. The minimum atomic E-state index is 0.0458. The van der Waals surface area contributed by atoms with Crippen molar-refractivity contribution in [2.75, 3.05) is 18.1 Å². The third-order valence-corrected chi connectivity index (χ3v) is 3.37. The van der Waals surface area contributed by atoms with Crippen LogP contribution < -0.4 is 10.6 Å². The summed E-state index contributed by atoms with van der Waals surface area (Å²) in [5.74, 6) is 0. The molecule has 0 bridgehead atoms. The number of benzene rings is 2. The first-order valence-electron chi connectivity index (χ1n) is 6.96. The predicted octanol–water partition coefficient (Wildman–Crippen LogP) is 2.71. The van der Waals surface area contributed by atoms with Gasteiger partial charge in [-0.25, -0.2) is 0 Å². The molecule has 20 heavy (non-hydrogen) atoms. The maximum atomic E-state index is 9.26. The number of nitrogens with two attached hydrogens (primary N) is 1. The van der Waals surface area contributed by atoms with Crippen LogP contribution in [0.2, 0.25) is 0 Å². The minimum Gasteiger partial charge on any atom is -0.395 e. The van der Waals surface area contributed by atoms with E-state index < -0.39 is 0 Å². The first-order chi connectivity index (χ1) is 9.70. The van der Waals surface area contributed by atoms with Gasteiger partial charge in [-0.15, -0.1) is 0 Å². The Morgan fingerprint density at radius 3 is 2.25 bits per heavy atom. The van der Waals surface area contributed by atoms with Crippen molar-refractivity contribution in [1.29, 1.82) is 0 Å². The van der Waals surface area contributed by atoms with E-state index >= 15 is 0 Å². The van der Waals surface area contributed by atoms with Gasteiger partial charge in [0.25, 0.3) is 0 Å². The monoisotopic (exact) mass is 270 g/mol. The van der Waals surface area contributed by atoms with Gasteiger partial charge in [0.1, 0.15) is 0 Å². The van der Waals surface area contributed by atoms with Crippen LogP contribution in [0.4, 0.5) is 5.69 Å². The molecule has 0 aliphatic heterocycles. The van der Waals surface area contributed by atoms with Gasteiger partial charge in [-0.2, -0.15) is 0 Å². The topological polar surface area (TPSA) is 49.5 Å². The second-order valence-corrected chi connectivity index (χ2v) is 5.01. The van der Waals surface area contributed by atoms with E-state index in [0.29, 0.717) is 6.54 Å². The Morgan fingerprint density at radius 1 is 1.05 bits per heavy atom. The lowest BCUT2D eigenvalue weighted by atomic mass is 10.1. The van der Waals surface area contributed by atoms with E-state index in [9.17, 15) is 5.11 Å². The molecular weight excluding hydrogens is 248 g/mol. The highest BCUT2D eigenvalue weighted by Crippen LogP contribution is 2.20. The molecule has 0 saturated heterocycles. The highest BCUT2D eigenvalue weighted by molar-refractivity contribution is 5.48. The molecule has 0 amide bonds. The molecular formula is C17H22N2O. The van der Waals surface area contributed by atoms with Gasteiger partial charge in [-0.05, 0) is 30.2 Å². The van der Waals surface area contributed by atoms with Crippen LogP contribution in [-0.2, 0) is 6.54 Å². The average molecular weight is 270 g/mol. The number of aliphatic hydroxyl groups excluding tert-OH is 1. The third-order valence-electron chi connectivity index (χ3n) is 3.37. The lowest BCUT2D eigenvalue weighted by Gasteiger charge is -2.24. The average Bonchev–Trinajstić information content (AvgIpc) is 2.48. The molecule has 3 nitrogen and oxygen atoms in total. The molecule has 0 aliphatic rings. The standard InChI is InChI=1S/C17H22N2O/c1-14(18)16-7-9-17(10-8-16)19(11-12-20)13-15-5-3-2-4-6-15/h2-10,14,20H,11-13,18H2,1H3/t14-/m1/s1. The fourth-order valence-electron chi connectivity index (χ4n) is 2.21. The molecule has 2 rings (SSSR count). The van der Waals surface area contributed by atoms with Gasteiger partial charge in [0.2, 0.25) is 0 Å². The van der Waals surface area contributed by atoms with E-state index in [-0.39, 0.29) is 12.6 Å². The summed E-state index contributed by atoms with van der Waals surface area (Å²) in [4.78, 5) is 2.17. The molecule has 0 unspecified atom stereocenters. The van der Waals surface area contributed by atoms with Crippen molar-refractivity contribution in [2.24, 2.45) is 5.73 Å². The zero-order valence-electron chi connectivity index (χ0n) is 11.9. The smallest absolute Gasteiger partial charge is 0.0606 e. The van der Waals surface area contributed by atoms with Crippen LogP contribution in [0.1, 0.15) is 24.1 Å². The SMILES string of the molecule is C[C@@H](N)c1ccc(N(CCO)Cc2ccccc2)cc1. The van der Waals surface area contributed by atoms with Crippen molar-refractivity contribution >= 4 is 5.69 Å². The van der Waals surface area contributed by atoms with Gasteiger partial charge in [-0.1, -0.05) is 42.5 Å². The van der Waals surface area contributed by atoms with E-state index in [2.05, 4.69) is 41.3 Å². The van der Waals surface area contributed by atoms with Crippen LogP contribution in [0, 0.1) is 0 Å². The summed E-state index contributed by atoms with van der Waals surface area (Å²) in [7, 11) is 0. The van der Waals surface area contributed by atoms with Gasteiger partial charge in [0.15, 0.2) is 0 Å². The summed E-state index contributed by atoms with van der Waals surface area (Å²) in [5.41, 5.74) is 9.33. The molecule has 0 aliphatic carbocycles. The Bertz CT molecular complexity index is 508. The maximum absolute atomic E-state index is 9.26.